The van der Waals surface area contributed by atoms with Crippen molar-refractivity contribution < 1.29 is 5.11 Å². The Morgan fingerprint density at radius 1 is 1.17 bits per heavy atom. The van der Waals surface area contributed by atoms with E-state index in [1.54, 1.807) is 18.3 Å². The summed E-state index contributed by atoms with van der Waals surface area (Å²) in [5.41, 5.74) is 8.29. The molecule has 18 heavy (non-hydrogen) atoms. The fourth-order valence-corrected chi connectivity index (χ4v) is 1.80. The number of nitrogen functional groups attached to an aromatic ring is 1. The normalized spacial score (nSPS) is 12.2. The van der Waals surface area contributed by atoms with Gasteiger partial charge in [0.05, 0.1) is 0 Å². The molecule has 0 saturated heterocycles. The predicted octanol–water partition coefficient (Wildman–Crippen LogP) is 1.81. The summed E-state index contributed by atoms with van der Waals surface area (Å²) in [6, 6.07) is 11.3. The van der Waals surface area contributed by atoms with Gasteiger partial charge in [0.15, 0.2) is 0 Å². The molecule has 0 bridgehead atoms. The number of hydrogen-bond donors (Lipinski definition) is 2. The van der Waals surface area contributed by atoms with Gasteiger partial charge in [-0.25, -0.2) is 4.98 Å². The van der Waals surface area contributed by atoms with Gasteiger partial charge in [-0.15, -0.1) is 0 Å². The summed E-state index contributed by atoms with van der Waals surface area (Å²) in [5.74, 6) is 0.363. The van der Waals surface area contributed by atoms with Gasteiger partial charge in [0.2, 0.25) is 0 Å². The number of anilines is 2. The molecular formula is C14H17N3O. The average Bonchev–Trinajstić information content (AvgIpc) is 2.38. The molecule has 1 atom stereocenters. The molecule has 1 unspecified atom stereocenters. The summed E-state index contributed by atoms with van der Waals surface area (Å²) in [6.45, 7) is 0. The standard InChI is InChI=1S/C14H17N3O/c1-17(2)11-7-5-10(6-8-11)13(18)12-4-3-9-16-14(12)15/h3-9,13,18H,1-2H3,(H2,15,16). The van der Waals surface area contributed by atoms with Crippen LogP contribution in [-0.4, -0.2) is 24.2 Å². The van der Waals surface area contributed by atoms with Crippen LogP contribution in [0.5, 0.6) is 0 Å². The summed E-state index contributed by atoms with van der Waals surface area (Å²) in [5, 5.41) is 10.3. The molecule has 1 aromatic carbocycles. The Labute approximate surface area is 107 Å². The van der Waals surface area contributed by atoms with Crippen molar-refractivity contribution >= 4 is 11.5 Å². The molecule has 0 spiro atoms. The number of rotatable bonds is 3. The van der Waals surface area contributed by atoms with Crippen molar-refractivity contribution in [2.24, 2.45) is 0 Å². The quantitative estimate of drug-likeness (QED) is 0.863. The second-order valence-electron chi connectivity index (χ2n) is 4.37. The lowest BCUT2D eigenvalue weighted by atomic mass is 10.0. The topological polar surface area (TPSA) is 62.4 Å². The smallest absolute Gasteiger partial charge is 0.129 e. The van der Waals surface area contributed by atoms with Crippen LogP contribution in [0, 0.1) is 0 Å². The maximum atomic E-state index is 10.3. The van der Waals surface area contributed by atoms with Gasteiger partial charge in [0, 0.05) is 31.5 Å². The van der Waals surface area contributed by atoms with E-state index in [4.69, 9.17) is 5.73 Å². The van der Waals surface area contributed by atoms with E-state index in [0.717, 1.165) is 11.3 Å². The van der Waals surface area contributed by atoms with Gasteiger partial charge in [-0.05, 0) is 23.8 Å². The minimum Gasteiger partial charge on any atom is -0.384 e. The van der Waals surface area contributed by atoms with E-state index in [0.29, 0.717) is 11.4 Å². The minimum atomic E-state index is -0.741. The number of aliphatic hydroxyl groups excluding tert-OH is 1. The Bertz CT molecular complexity index is 523. The largest absolute Gasteiger partial charge is 0.384 e. The van der Waals surface area contributed by atoms with Crippen molar-refractivity contribution in [3.8, 4) is 0 Å². The fraction of sp³-hybridized carbons (Fsp3) is 0.214. The predicted molar refractivity (Wildman–Crippen MR) is 73.5 cm³/mol. The van der Waals surface area contributed by atoms with Crippen LogP contribution in [0.1, 0.15) is 17.2 Å². The first-order valence-corrected chi connectivity index (χ1v) is 5.75. The van der Waals surface area contributed by atoms with Crippen molar-refractivity contribution in [2.45, 2.75) is 6.10 Å². The number of hydrogen-bond acceptors (Lipinski definition) is 4. The molecule has 0 aliphatic rings. The van der Waals surface area contributed by atoms with E-state index in [1.807, 2.05) is 43.3 Å². The van der Waals surface area contributed by atoms with Gasteiger partial charge in [-0.2, -0.15) is 0 Å². The summed E-state index contributed by atoms with van der Waals surface area (Å²) < 4.78 is 0. The molecule has 4 heteroatoms. The Balaban J connectivity index is 2.29. The van der Waals surface area contributed by atoms with Crippen LogP contribution in [0.25, 0.3) is 0 Å². The molecule has 4 nitrogen and oxygen atoms in total. The minimum absolute atomic E-state index is 0.363. The molecule has 1 aromatic heterocycles. The first-order chi connectivity index (χ1) is 8.59. The fourth-order valence-electron chi connectivity index (χ4n) is 1.80. The van der Waals surface area contributed by atoms with Crippen LogP contribution in [0.15, 0.2) is 42.6 Å². The Hall–Kier alpha value is -2.07. The van der Waals surface area contributed by atoms with E-state index < -0.39 is 6.10 Å². The summed E-state index contributed by atoms with van der Waals surface area (Å²) in [6.07, 6.45) is 0.871. The zero-order valence-electron chi connectivity index (χ0n) is 10.5. The molecule has 0 fully saturated rings. The highest BCUT2D eigenvalue weighted by Gasteiger charge is 2.13. The molecule has 0 amide bonds. The molecular weight excluding hydrogens is 226 g/mol. The Kier molecular flexibility index (Phi) is 3.48. The molecule has 0 aliphatic carbocycles. The van der Waals surface area contributed by atoms with E-state index >= 15 is 0 Å². The Morgan fingerprint density at radius 3 is 2.39 bits per heavy atom. The van der Waals surface area contributed by atoms with Crippen LogP contribution < -0.4 is 10.6 Å². The first kappa shape index (κ1) is 12.4. The van der Waals surface area contributed by atoms with Crippen LogP contribution in [0.4, 0.5) is 11.5 Å². The Morgan fingerprint density at radius 2 is 1.83 bits per heavy atom. The zero-order chi connectivity index (χ0) is 13.1. The van der Waals surface area contributed by atoms with Crippen molar-refractivity contribution in [3.05, 3.63) is 53.7 Å². The SMILES string of the molecule is CN(C)c1ccc(C(O)c2cccnc2N)cc1. The van der Waals surface area contributed by atoms with Crippen LogP contribution in [0.2, 0.25) is 0 Å². The molecule has 2 aromatic rings. The summed E-state index contributed by atoms with van der Waals surface area (Å²) in [4.78, 5) is 5.99. The van der Waals surface area contributed by atoms with E-state index in [9.17, 15) is 5.11 Å². The second kappa shape index (κ2) is 5.06. The number of aromatic nitrogens is 1. The van der Waals surface area contributed by atoms with Crippen LogP contribution >= 0.6 is 0 Å². The van der Waals surface area contributed by atoms with E-state index in [-0.39, 0.29) is 0 Å². The first-order valence-electron chi connectivity index (χ1n) is 5.75. The highest BCUT2D eigenvalue weighted by Crippen LogP contribution is 2.26. The number of nitrogens with zero attached hydrogens (tertiary/aromatic N) is 2. The maximum Gasteiger partial charge on any atom is 0.129 e. The lowest BCUT2D eigenvalue weighted by molar-refractivity contribution is 0.221. The van der Waals surface area contributed by atoms with Gasteiger partial charge >= 0.3 is 0 Å². The maximum absolute atomic E-state index is 10.3. The van der Waals surface area contributed by atoms with Gasteiger partial charge in [-0.1, -0.05) is 18.2 Å². The molecule has 0 radical (unpaired) electrons. The summed E-state index contributed by atoms with van der Waals surface area (Å²) in [7, 11) is 3.95. The zero-order valence-corrected chi connectivity index (χ0v) is 10.5. The number of nitrogens with two attached hydrogens (primary N) is 1. The van der Waals surface area contributed by atoms with Gasteiger partial charge in [0.1, 0.15) is 11.9 Å². The molecule has 0 aliphatic heterocycles. The number of aliphatic hydroxyl groups is 1. The van der Waals surface area contributed by atoms with E-state index in [1.165, 1.54) is 0 Å². The monoisotopic (exact) mass is 243 g/mol. The van der Waals surface area contributed by atoms with Gasteiger partial charge in [0.25, 0.3) is 0 Å². The molecule has 3 N–H and O–H groups in total. The van der Waals surface area contributed by atoms with Crippen LogP contribution in [0.3, 0.4) is 0 Å². The van der Waals surface area contributed by atoms with Gasteiger partial charge < -0.3 is 15.7 Å². The van der Waals surface area contributed by atoms with Crippen molar-refractivity contribution in [3.63, 3.8) is 0 Å². The third-order valence-corrected chi connectivity index (χ3v) is 2.89. The van der Waals surface area contributed by atoms with E-state index in [2.05, 4.69) is 4.98 Å². The second-order valence-corrected chi connectivity index (χ2v) is 4.37. The summed E-state index contributed by atoms with van der Waals surface area (Å²) >= 11 is 0. The number of benzene rings is 1. The van der Waals surface area contributed by atoms with Crippen molar-refractivity contribution in [2.75, 3.05) is 24.7 Å². The lowest BCUT2D eigenvalue weighted by Crippen LogP contribution is -2.09. The van der Waals surface area contributed by atoms with Crippen molar-refractivity contribution in [1.82, 2.24) is 4.98 Å². The van der Waals surface area contributed by atoms with Crippen molar-refractivity contribution in [1.29, 1.82) is 0 Å². The number of pyridine rings is 1. The molecule has 1 heterocycles. The molecule has 0 saturated carbocycles. The van der Waals surface area contributed by atoms with Crippen LogP contribution in [-0.2, 0) is 0 Å². The lowest BCUT2D eigenvalue weighted by Gasteiger charge is -2.16. The average molecular weight is 243 g/mol. The molecule has 94 valence electrons. The highest BCUT2D eigenvalue weighted by molar-refractivity contribution is 5.49. The molecule has 2 rings (SSSR count). The third kappa shape index (κ3) is 2.43. The van der Waals surface area contributed by atoms with Gasteiger partial charge in [-0.3, -0.25) is 0 Å². The highest BCUT2D eigenvalue weighted by atomic mass is 16.3. The third-order valence-electron chi connectivity index (χ3n) is 2.89.